The maximum atomic E-state index is 13.4. The number of H-pyrrole nitrogens is 1. The molecular weight excluding hydrogens is 177 g/mol. The first-order valence-corrected chi connectivity index (χ1v) is 4.76. The molecule has 0 radical (unpaired) electrons. The highest BCUT2D eigenvalue weighted by Gasteiger charge is 2.18. The van der Waals surface area contributed by atoms with Gasteiger partial charge < -0.3 is 4.98 Å². The molecule has 1 aromatic carbocycles. The minimum atomic E-state index is -0.182. The van der Waals surface area contributed by atoms with E-state index in [1.54, 1.807) is 6.07 Å². The van der Waals surface area contributed by atoms with E-state index in [1.165, 1.54) is 6.07 Å². The Kier molecular flexibility index (Phi) is 1.88. The Balaban J connectivity index is 2.76. The second-order valence-corrected chi connectivity index (χ2v) is 4.61. The molecule has 1 aromatic heterocycles. The first kappa shape index (κ1) is 9.25. The molecule has 0 aliphatic rings. The van der Waals surface area contributed by atoms with Crippen LogP contribution < -0.4 is 0 Å². The van der Waals surface area contributed by atoms with Gasteiger partial charge in [0.05, 0.1) is 5.52 Å². The molecule has 1 heterocycles. The number of aromatic amines is 1. The van der Waals surface area contributed by atoms with Crippen LogP contribution in [0, 0.1) is 5.82 Å². The zero-order valence-corrected chi connectivity index (χ0v) is 8.69. The van der Waals surface area contributed by atoms with Gasteiger partial charge in [0.2, 0.25) is 0 Å². The lowest BCUT2D eigenvalue weighted by molar-refractivity contribution is 0.596. The van der Waals surface area contributed by atoms with E-state index in [9.17, 15) is 4.39 Å². The van der Waals surface area contributed by atoms with Crippen LogP contribution in [-0.4, -0.2) is 4.98 Å². The van der Waals surface area contributed by atoms with E-state index < -0.39 is 0 Å². The molecule has 0 amide bonds. The minimum Gasteiger partial charge on any atom is -0.358 e. The maximum absolute atomic E-state index is 13.4. The highest BCUT2D eigenvalue weighted by atomic mass is 19.1. The molecule has 1 N–H and O–H groups in total. The lowest BCUT2D eigenvalue weighted by Crippen LogP contribution is -2.09. The van der Waals surface area contributed by atoms with E-state index in [0.717, 1.165) is 10.9 Å². The SMILES string of the molecule is CC(C)(C)c1c[nH]c2c(F)cccc12. The van der Waals surface area contributed by atoms with E-state index in [2.05, 4.69) is 25.8 Å². The summed E-state index contributed by atoms with van der Waals surface area (Å²) in [5.74, 6) is -0.182. The summed E-state index contributed by atoms with van der Waals surface area (Å²) in [6.45, 7) is 6.38. The molecule has 1 nitrogen and oxygen atoms in total. The summed E-state index contributed by atoms with van der Waals surface area (Å²) in [6, 6.07) is 5.18. The first-order chi connectivity index (χ1) is 6.50. The normalized spacial score (nSPS) is 12.3. The van der Waals surface area contributed by atoms with Crippen LogP contribution >= 0.6 is 0 Å². The van der Waals surface area contributed by atoms with Gasteiger partial charge in [-0.3, -0.25) is 0 Å². The topological polar surface area (TPSA) is 15.8 Å². The van der Waals surface area contributed by atoms with Crippen LogP contribution in [0.3, 0.4) is 0 Å². The summed E-state index contributed by atoms with van der Waals surface area (Å²) in [7, 11) is 0. The number of benzene rings is 1. The molecule has 2 heteroatoms. The van der Waals surface area contributed by atoms with Gasteiger partial charge in [-0.05, 0) is 17.0 Å². The van der Waals surface area contributed by atoms with Crippen molar-refractivity contribution in [3.05, 3.63) is 35.8 Å². The van der Waals surface area contributed by atoms with Gasteiger partial charge in [-0.2, -0.15) is 0 Å². The van der Waals surface area contributed by atoms with Gasteiger partial charge >= 0.3 is 0 Å². The molecule has 14 heavy (non-hydrogen) atoms. The van der Waals surface area contributed by atoms with Crippen LogP contribution in [0.1, 0.15) is 26.3 Å². The Morgan fingerprint density at radius 2 is 1.93 bits per heavy atom. The largest absolute Gasteiger partial charge is 0.358 e. The zero-order chi connectivity index (χ0) is 10.3. The summed E-state index contributed by atoms with van der Waals surface area (Å²) in [5.41, 5.74) is 1.82. The van der Waals surface area contributed by atoms with Crippen molar-refractivity contribution in [3.63, 3.8) is 0 Å². The molecule has 0 fully saturated rings. The molecular formula is C12H14FN. The average Bonchev–Trinajstić information content (AvgIpc) is 2.47. The molecule has 0 aliphatic carbocycles. The van der Waals surface area contributed by atoms with Crippen molar-refractivity contribution >= 4 is 10.9 Å². The Morgan fingerprint density at radius 3 is 2.57 bits per heavy atom. The summed E-state index contributed by atoms with van der Waals surface area (Å²) < 4.78 is 13.4. The molecule has 0 aliphatic heterocycles. The van der Waals surface area contributed by atoms with Gasteiger partial charge in [-0.15, -0.1) is 0 Å². The van der Waals surface area contributed by atoms with Gasteiger partial charge in [0, 0.05) is 11.6 Å². The number of para-hydroxylation sites is 1. The molecule has 0 spiro atoms. The number of aromatic nitrogens is 1. The zero-order valence-electron chi connectivity index (χ0n) is 8.69. The standard InChI is InChI=1S/C12H14FN/c1-12(2,3)9-7-14-11-8(9)5-4-6-10(11)13/h4-7,14H,1-3H3. The highest BCUT2D eigenvalue weighted by molar-refractivity contribution is 5.84. The predicted octanol–water partition coefficient (Wildman–Crippen LogP) is 3.60. The monoisotopic (exact) mass is 191 g/mol. The number of nitrogens with one attached hydrogen (secondary N) is 1. The Hall–Kier alpha value is -1.31. The molecule has 74 valence electrons. The van der Waals surface area contributed by atoms with Gasteiger partial charge in [-0.25, -0.2) is 4.39 Å². The lowest BCUT2D eigenvalue weighted by Gasteiger charge is -2.17. The van der Waals surface area contributed by atoms with E-state index in [1.807, 2.05) is 12.3 Å². The number of fused-ring (bicyclic) bond motifs is 1. The molecule has 0 atom stereocenters. The number of hydrogen-bond acceptors (Lipinski definition) is 0. The molecule has 0 saturated carbocycles. The fourth-order valence-corrected chi connectivity index (χ4v) is 1.74. The second-order valence-electron chi connectivity index (χ2n) is 4.61. The van der Waals surface area contributed by atoms with E-state index in [4.69, 9.17) is 0 Å². The predicted molar refractivity (Wildman–Crippen MR) is 57.0 cm³/mol. The van der Waals surface area contributed by atoms with Crippen molar-refractivity contribution in [1.29, 1.82) is 0 Å². The number of rotatable bonds is 0. The minimum absolute atomic E-state index is 0.0477. The maximum Gasteiger partial charge on any atom is 0.147 e. The summed E-state index contributed by atoms with van der Waals surface area (Å²) in [5, 5.41) is 0.984. The van der Waals surface area contributed by atoms with Crippen molar-refractivity contribution in [1.82, 2.24) is 4.98 Å². The second kappa shape index (κ2) is 2.84. The van der Waals surface area contributed by atoms with E-state index in [0.29, 0.717) is 5.52 Å². The third-order valence-corrected chi connectivity index (χ3v) is 2.47. The number of hydrogen-bond donors (Lipinski definition) is 1. The first-order valence-electron chi connectivity index (χ1n) is 4.76. The van der Waals surface area contributed by atoms with Crippen molar-refractivity contribution < 1.29 is 4.39 Å². The van der Waals surface area contributed by atoms with Gasteiger partial charge in [0.15, 0.2) is 0 Å². The Bertz CT molecular complexity index is 463. The van der Waals surface area contributed by atoms with Crippen LogP contribution in [-0.2, 0) is 5.41 Å². The van der Waals surface area contributed by atoms with E-state index >= 15 is 0 Å². The van der Waals surface area contributed by atoms with Crippen molar-refractivity contribution in [2.75, 3.05) is 0 Å². The Morgan fingerprint density at radius 1 is 1.21 bits per heavy atom. The average molecular weight is 191 g/mol. The molecule has 2 aromatic rings. The fourth-order valence-electron chi connectivity index (χ4n) is 1.74. The molecule has 2 rings (SSSR count). The van der Waals surface area contributed by atoms with Crippen molar-refractivity contribution in [3.8, 4) is 0 Å². The smallest absolute Gasteiger partial charge is 0.147 e. The number of halogens is 1. The summed E-state index contributed by atoms with van der Waals surface area (Å²) >= 11 is 0. The third kappa shape index (κ3) is 1.31. The van der Waals surface area contributed by atoms with Gasteiger partial charge in [0.1, 0.15) is 5.82 Å². The summed E-state index contributed by atoms with van der Waals surface area (Å²) in [6.07, 6.45) is 1.90. The van der Waals surface area contributed by atoms with Crippen LogP contribution in [0.25, 0.3) is 10.9 Å². The Labute approximate surface area is 82.9 Å². The van der Waals surface area contributed by atoms with Crippen LogP contribution in [0.5, 0.6) is 0 Å². The van der Waals surface area contributed by atoms with Crippen LogP contribution in [0.2, 0.25) is 0 Å². The molecule has 0 bridgehead atoms. The molecule has 0 saturated heterocycles. The highest BCUT2D eigenvalue weighted by Crippen LogP contribution is 2.30. The van der Waals surface area contributed by atoms with E-state index in [-0.39, 0.29) is 11.2 Å². The van der Waals surface area contributed by atoms with Crippen LogP contribution in [0.4, 0.5) is 4.39 Å². The van der Waals surface area contributed by atoms with Crippen LogP contribution in [0.15, 0.2) is 24.4 Å². The fraction of sp³-hybridized carbons (Fsp3) is 0.333. The van der Waals surface area contributed by atoms with Gasteiger partial charge in [-0.1, -0.05) is 32.9 Å². The quantitative estimate of drug-likeness (QED) is 0.654. The summed E-state index contributed by atoms with van der Waals surface area (Å²) in [4.78, 5) is 2.99. The van der Waals surface area contributed by atoms with Crippen molar-refractivity contribution in [2.24, 2.45) is 0 Å². The van der Waals surface area contributed by atoms with Crippen molar-refractivity contribution in [2.45, 2.75) is 26.2 Å². The van der Waals surface area contributed by atoms with Gasteiger partial charge in [0.25, 0.3) is 0 Å². The third-order valence-electron chi connectivity index (χ3n) is 2.47. The molecule has 0 unspecified atom stereocenters. The lowest BCUT2D eigenvalue weighted by atomic mass is 9.87.